The molecule has 3 N–H and O–H groups in total. The summed E-state index contributed by atoms with van der Waals surface area (Å²) in [4.78, 5) is 0. The molecule has 3 nitrogen and oxygen atoms in total. The fourth-order valence-electron chi connectivity index (χ4n) is 6.12. The molecule has 6 rings (SSSR count). The standard InChI is InChI=1S/C28H23N.C14H20N2/c1-20(29-2)21-16-18-23(19-17-21)28(22-10-4-3-5-11-22)26-14-8-6-12-24(26)25-13-7-9-15-27(25)28;1-15-11-7-2-3-8-12-16-13-14-9-5-4-6-10-14/h3-19,29H,1H2,2H3;2-7,9-11,15-16H,8,12-13H2,1H3/b;3-2-,11-7-. The number of hydrogen-bond acceptors (Lipinski definition) is 3. The van der Waals surface area contributed by atoms with Crippen LogP contribution in [-0.4, -0.2) is 20.6 Å². The molecule has 0 aliphatic heterocycles. The lowest BCUT2D eigenvalue weighted by molar-refractivity contribution is 0.695. The second kappa shape index (κ2) is 15.6. The Bertz CT molecular complexity index is 1670. The molecule has 5 aromatic rings. The van der Waals surface area contributed by atoms with Crippen molar-refractivity contribution in [1.82, 2.24) is 16.0 Å². The van der Waals surface area contributed by atoms with Crippen molar-refractivity contribution in [2.24, 2.45) is 0 Å². The highest BCUT2D eigenvalue weighted by Gasteiger charge is 2.45. The molecule has 0 radical (unpaired) electrons. The van der Waals surface area contributed by atoms with Gasteiger partial charge in [-0.3, -0.25) is 0 Å². The van der Waals surface area contributed by atoms with Gasteiger partial charge in [0.05, 0.1) is 5.41 Å². The van der Waals surface area contributed by atoms with Gasteiger partial charge in [0, 0.05) is 26.3 Å². The quantitative estimate of drug-likeness (QED) is 0.105. The highest BCUT2D eigenvalue weighted by molar-refractivity contribution is 5.86. The van der Waals surface area contributed by atoms with Crippen LogP contribution in [0.3, 0.4) is 0 Å². The molecular formula is C42H43N3. The third kappa shape index (κ3) is 7.01. The summed E-state index contributed by atoms with van der Waals surface area (Å²) < 4.78 is 0. The predicted octanol–water partition coefficient (Wildman–Crippen LogP) is 8.70. The van der Waals surface area contributed by atoms with Gasteiger partial charge in [-0.2, -0.15) is 0 Å². The monoisotopic (exact) mass is 589 g/mol. The molecule has 3 heteroatoms. The van der Waals surface area contributed by atoms with Crippen molar-refractivity contribution in [2.75, 3.05) is 20.6 Å². The van der Waals surface area contributed by atoms with Gasteiger partial charge in [0.25, 0.3) is 0 Å². The van der Waals surface area contributed by atoms with Crippen LogP contribution < -0.4 is 16.0 Å². The van der Waals surface area contributed by atoms with Crippen LogP contribution in [0.15, 0.2) is 164 Å². The molecule has 0 saturated carbocycles. The number of hydrogen-bond donors (Lipinski definition) is 3. The average molecular weight is 590 g/mol. The van der Waals surface area contributed by atoms with Gasteiger partial charge in [-0.15, -0.1) is 0 Å². The Labute approximate surface area is 269 Å². The Morgan fingerprint density at radius 2 is 1.20 bits per heavy atom. The summed E-state index contributed by atoms with van der Waals surface area (Å²) in [7, 11) is 3.80. The molecule has 0 atom stereocenters. The first kappa shape index (κ1) is 31.3. The van der Waals surface area contributed by atoms with Gasteiger partial charge < -0.3 is 16.0 Å². The number of nitrogens with one attached hydrogen (secondary N) is 3. The van der Waals surface area contributed by atoms with Gasteiger partial charge in [0.2, 0.25) is 0 Å². The fourth-order valence-corrected chi connectivity index (χ4v) is 6.12. The minimum atomic E-state index is -0.325. The maximum Gasteiger partial charge on any atom is 0.0713 e. The lowest BCUT2D eigenvalue weighted by Gasteiger charge is -2.34. The van der Waals surface area contributed by atoms with Crippen molar-refractivity contribution in [3.05, 3.63) is 198 Å². The highest BCUT2D eigenvalue weighted by atomic mass is 14.8. The molecule has 45 heavy (non-hydrogen) atoms. The Hall–Kier alpha value is -5.12. The van der Waals surface area contributed by atoms with Crippen molar-refractivity contribution in [1.29, 1.82) is 0 Å². The van der Waals surface area contributed by atoms with Gasteiger partial charge >= 0.3 is 0 Å². The van der Waals surface area contributed by atoms with Crippen LogP contribution in [0.25, 0.3) is 16.8 Å². The van der Waals surface area contributed by atoms with Crippen molar-refractivity contribution in [2.45, 2.75) is 18.4 Å². The second-order valence-electron chi connectivity index (χ2n) is 11.0. The first-order chi connectivity index (χ1) is 22.2. The number of rotatable bonds is 11. The van der Waals surface area contributed by atoms with Gasteiger partial charge in [-0.1, -0.05) is 152 Å². The maximum atomic E-state index is 4.11. The van der Waals surface area contributed by atoms with E-state index in [9.17, 15) is 0 Å². The molecular weight excluding hydrogens is 546 g/mol. The summed E-state index contributed by atoms with van der Waals surface area (Å²) >= 11 is 0. The number of benzene rings is 5. The molecule has 0 unspecified atom stereocenters. The number of allylic oxidation sites excluding steroid dienone is 2. The largest absolute Gasteiger partial charge is 0.394 e. The SMILES string of the molecule is C=C(NC)c1ccc(C2(c3ccccc3)c3ccccc3-c3ccccc32)cc1.CN/C=C\C=C/CCNCc1ccccc1. The Morgan fingerprint density at radius 3 is 1.80 bits per heavy atom. The van der Waals surface area contributed by atoms with Crippen LogP contribution in [0, 0.1) is 0 Å². The zero-order valence-electron chi connectivity index (χ0n) is 26.3. The summed E-state index contributed by atoms with van der Waals surface area (Å²) in [6.45, 7) is 6.07. The van der Waals surface area contributed by atoms with E-state index in [1.54, 1.807) is 0 Å². The van der Waals surface area contributed by atoms with E-state index in [2.05, 4.69) is 162 Å². The second-order valence-corrected chi connectivity index (χ2v) is 11.0. The zero-order valence-corrected chi connectivity index (χ0v) is 26.3. The molecule has 0 aromatic heterocycles. The minimum Gasteiger partial charge on any atom is -0.394 e. The van der Waals surface area contributed by atoms with E-state index in [-0.39, 0.29) is 5.41 Å². The lowest BCUT2D eigenvalue weighted by atomic mass is 9.67. The molecule has 1 aliphatic rings. The molecule has 0 heterocycles. The van der Waals surface area contributed by atoms with E-state index < -0.39 is 0 Å². The molecule has 0 saturated heterocycles. The molecule has 226 valence electrons. The van der Waals surface area contributed by atoms with Crippen molar-refractivity contribution < 1.29 is 0 Å². The zero-order chi connectivity index (χ0) is 31.3. The van der Waals surface area contributed by atoms with E-state index in [1.807, 2.05) is 32.4 Å². The molecule has 0 bridgehead atoms. The van der Waals surface area contributed by atoms with Gasteiger partial charge in [-0.05, 0) is 69.7 Å². The fraction of sp³-hybridized carbons (Fsp3) is 0.143. The van der Waals surface area contributed by atoms with E-state index in [1.165, 1.54) is 38.9 Å². The van der Waals surface area contributed by atoms with Gasteiger partial charge in [-0.25, -0.2) is 0 Å². The number of fused-ring (bicyclic) bond motifs is 3. The summed E-state index contributed by atoms with van der Waals surface area (Å²) in [6, 6.07) is 47.8. The normalized spacial score (nSPS) is 12.7. The van der Waals surface area contributed by atoms with E-state index in [4.69, 9.17) is 0 Å². The maximum absolute atomic E-state index is 4.11. The lowest BCUT2D eigenvalue weighted by Crippen LogP contribution is -2.28. The smallest absolute Gasteiger partial charge is 0.0713 e. The average Bonchev–Trinajstić information content (AvgIpc) is 3.41. The predicted molar refractivity (Wildman–Crippen MR) is 192 cm³/mol. The Morgan fingerprint density at radius 1 is 0.644 bits per heavy atom. The minimum absolute atomic E-state index is 0.325. The van der Waals surface area contributed by atoms with Crippen LogP contribution in [-0.2, 0) is 12.0 Å². The van der Waals surface area contributed by atoms with Crippen LogP contribution in [0.2, 0.25) is 0 Å². The molecule has 5 aromatic carbocycles. The first-order valence-corrected chi connectivity index (χ1v) is 15.7. The topological polar surface area (TPSA) is 36.1 Å². The van der Waals surface area contributed by atoms with Gasteiger partial charge in [0.15, 0.2) is 0 Å². The van der Waals surface area contributed by atoms with Crippen LogP contribution in [0.5, 0.6) is 0 Å². The molecule has 0 amide bonds. The summed E-state index contributed by atoms with van der Waals surface area (Å²) in [6.07, 6.45) is 9.18. The molecule has 1 aliphatic carbocycles. The highest BCUT2D eigenvalue weighted by Crippen LogP contribution is 2.55. The van der Waals surface area contributed by atoms with Crippen LogP contribution in [0.4, 0.5) is 0 Å². The van der Waals surface area contributed by atoms with E-state index in [0.29, 0.717) is 0 Å². The van der Waals surface area contributed by atoms with E-state index in [0.717, 1.165) is 30.8 Å². The third-order valence-corrected chi connectivity index (χ3v) is 8.30. The molecule has 0 fully saturated rings. The third-order valence-electron chi connectivity index (χ3n) is 8.30. The first-order valence-electron chi connectivity index (χ1n) is 15.7. The van der Waals surface area contributed by atoms with Crippen molar-refractivity contribution in [3.63, 3.8) is 0 Å². The summed E-state index contributed by atoms with van der Waals surface area (Å²) in [5.74, 6) is 0. The summed E-state index contributed by atoms with van der Waals surface area (Å²) in [5, 5.41) is 9.49. The van der Waals surface area contributed by atoms with E-state index >= 15 is 0 Å². The molecule has 0 spiro atoms. The van der Waals surface area contributed by atoms with Gasteiger partial charge in [0.1, 0.15) is 0 Å². The van der Waals surface area contributed by atoms with Crippen LogP contribution >= 0.6 is 0 Å². The van der Waals surface area contributed by atoms with Crippen LogP contribution in [0.1, 0.15) is 39.8 Å². The Balaban J connectivity index is 0.000000213. The Kier molecular flexibility index (Phi) is 10.8. The summed E-state index contributed by atoms with van der Waals surface area (Å²) in [5.41, 5.74) is 10.9. The van der Waals surface area contributed by atoms with Crippen molar-refractivity contribution in [3.8, 4) is 11.1 Å². The van der Waals surface area contributed by atoms with Crippen molar-refractivity contribution >= 4 is 5.70 Å².